The molecule has 190 valence electrons. The van der Waals surface area contributed by atoms with Gasteiger partial charge in [-0.2, -0.15) is 0 Å². The monoisotopic (exact) mass is 500 g/mol. The first-order chi connectivity index (χ1) is 18.0. The lowest BCUT2D eigenvalue weighted by Gasteiger charge is -2.45. The standard InChI is InChI=1S/C28H29FN6O2/c1-17-21(14-29)16-34(17)28(37)25-26(23-15-30-11-12-31-23)33-35-24(36)13-22(32-27(25)35)20-9-7-19(8-10-20)18-5-3-2-4-6-18/h7-13,15,17-18,21,33H,2-6,14,16H2,1H3/t17-,21-/m1/s1. The molecule has 4 heterocycles. The van der Waals surface area contributed by atoms with Crippen LogP contribution in [0.3, 0.4) is 0 Å². The van der Waals surface area contributed by atoms with Gasteiger partial charge in [-0.25, -0.2) is 9.50 Å². The predicted octanol–water partition coefficient (Wildman–Crippen LogP) is 4.62. The second-order valence-electron chi connectivity index (χ2n) is 10.2. The van der Waals surface area contributed by atoms with Crippen LogP contribution in [0.5, 0.6) is 0 Å². The number of nitrogens with zero attached hydrogens (tertiary/aromatic N) is 5. The van der Waals surface area contributed by atoms with Gasteiger partial charge in [0.05, 0.1) is 24.3 Å². The minimum absolute atomic E-state index is 0.192. The highest BCUT2D eigenvalue weighted by molar-refractivity contribution is 6.05. The molecule has 1 saturated carbocycles. The molecule has 2 atom stereocenters. The van der Waals surface area contributed by atoms with Crippen molar-refractivity contribution in [2.24, 2.45) is 5.92 Å². The number of hydrogen-bond acceptors (Lipinski definition) is 5. The van der Waals surface area contributed by atoms with Crippen molar-refractivity contribution in [1.82, 2.24) is 29.5 Å². The van der Waals surface area contributed by atoms with Gasteiger partial charge in [-0.05, 0) is 31.2 Å². The van der Waals surface area contributed by atoms with Gasteiger partial charge >= 0.3 is 0 Å². The number of hydrogen-bond donors (Lipinski definition) is 1. The van der Waals surface area contributed by atoms with E-state index in [-0.39, 0.29) is 34.6 Å². The molecule has 0 bridgehead atoms. The summed E-state index contributed by atoms with van der Waals surface area (Å²) in [6, 6.07) is 9.49. The molecule has 6 rings (SSSR count). The molecule has 37 heavy (non-hydrogen) atoms. The molecule has 3 aromatic heterocycles. The maximum Gasteiger partial charge on any atom is 0.273 e. The van der Waals surface area contributed by atoms with Gasteiger partial charge in [0.15, 0.2) is 5.65 Å². The molecule has 4 aromatic rings. The molecule has 0 radical (unpaired) electrons. The number of fused-ring (bicyclic) bond motifs is 1. The number of carbonyl (C=O) groups excluding carboxylic acids is 1. The van der Waals surface area contributed by atoms with E-state index in [9.17, 15) is 14.0 Å². The van der Waals surface area contributed by atoms with E-state index in [0.717, 1.165) is 5.56 Å². The van der Waals surface area contributed by atoms with Crippen molar-refractivity contribution in [2.45, 2.75) is 51.0 Å². The Bertz CT molecular complexity index is 1490. The lowest BCUT2D eigenvalue weighted by atomic mass is 9.84. The summed E-state index contributed by atoms with van der Waals surface area (Å²) >= 11 is 0. The number of nitrogens with one attached hydrogen (secondary N) is 1. The molecule has 1 saturated heterocycles. The molecule has 0 unspecified atom stereocenters. The smallest absolute Gasteiger partial charge is 0.273 e. The van der Waals surface area contributed by atoms with Gasteiger partial charge in [-0.3, -0.25) is 29.0 Å². The van der Waals surface area contributed by atoms with Gasteiger partial charge in [0.25, 0.3) is 11.5 Å². The fourth-order valence-electron chi connectivity index (χ4n) is 5.64. The molecule has 2 aliphatic rings. The highest BCUT2D eigenvalue weighted by atomic mass is 19.1. The van der Waals surface area contributed by atoms with Crippen LogP contribution in [-0.2, 0) is 0 Å². The second-order valence-corrected chi connectivity index (χ2v) is 10.2. The molecular weight excluding hydrogens is 471 g/mol. The van der Waals surface area contributed by atoms with Gasteiger partial charge < -0.3 is 4.90 Å². The topological polar surface area (TPSA) is 96.3 Å². The highest BCUT2D eigenvalue weighted by Gasteiger charge is 2.41. The van der Waals surface area contributed by atoms with Gasteiger partial charge in [0, 0.05) is 42.5 Å². The molecule has 1 aliphatic carbocycles. The maximum absolute atomic E-state index is 13.7. The summed E-state index contributed by atoms with van der Waals surface area (Å²) in [4.78, 5) is 41.8. The van der Waals surface area contributed by atoms with Gasteiger partial charge in [0.2, 0.25) is 0 Å². The number of H-pyrrole nitrogens is 1. The Labute approximate surface area is 213 Å². The van der Waals surface area contributed by atoms with E-state index < -0.39 is 6.67 Å². The number of halogens is 1. The van der Waals surface area contributed by atoms with Crippen LogP contribution < -0.4 is 5.56 Å². The van der Waals surface area contributed by atoms with Crippen LogP contribution in [0.2, 0.25) is 0 Å². The molecule has 1 N–H and O–H groups in total. The van der Waals surface area contributed by atoms with Crippen molar-refractivity contribution in [2.75, 3.05) is 13.2 Å². The summed E-state index contributed by atoms with van der Waals surface area (Å²) in [6.45, 7) is 1.68. The molecular formula is C28H29FN6O2. The van der Waals surface area contributed by atoms with Crippen LogP contribution in [0.15, 0.2) is 53.7 Å². The molecule has 9 heteroatoms. The Balaban J connectivity index is 1.44. The quantitative estimate of drug-likeness (QED) is 0.431. The Morgan fingerprint density at radius 3 is 2.57 bits per heavy atom. The first-order valence-corrected chi connectivity index (χ1v) is 12.9. The van der Waals surface area contributed by atoms with Crippen LogP contribution in [0, 0.1) is 5.92 Å². The zero-order valence-corrected chi connectivity index (χ0v) is 20.7. The van der Waals surface area contributed by atoms with Gasteiger partial charge in [-0.1, -0.05) is 43.5 Å². The first-order valence-electron chi connectivity index (χ1n) is 12.9. The van der Waals surface area contributed by atoms with Crippen molar-refractivity contribution in [3.8, 4) is 22.6 Å². The van der Waals surface area contributed by atoms with Gasteiger partial charge in [-0.15, -0.1) is 0 Å². The minimum atomic E-state index is -0.478. The van der Waals surface area contributed by atoms with Crippen molar-refractivity contribution >= 4 is 11.6 Å². The van der Waals surface area contributed by atoms with Crippen molar-refractivity contribution < 1.29 is 9.18 Å². The molecule has 2 fully saturated rings. The van der Waals surface area contributed by atoms with Crippen LogP contribution in [-0.4, -0.2) is 54.6 Å². The largest absolute Gasteiger partial charge is 0.335 e. The second kappa shape index (κ2) is 9.53. The summed E-state index contributed by atoms with van der Waals surface area (Å²) in [7, 11) is 0. The number of aromatic amines is 1. The summed E-state index contributed by atoms with van der Waals surface area (Å²) in [6.07, 6.45) is 10.9. The fraction of sp³-hybridized carbons (Fsp3) is 0.393. The molecule has 1 amide bonds. The summed E-state index contributed by atoms with van der Waals surface area (Å²) < 4.78 is 14.6. The van der Waals surface area contributed by atoms with Crippen molar-refractivity contribution in [3.05, 3.63) is 70.4 Å². The van der Waals surface area contributed by atoms with Gasteiger partial charge in [0.1, 0.15) is 11.3 Å². The van der Waals surface area contributed by atoms with E-state index in [4.69, 9.17) is 4.98 Å². The number of rotatable bonds is 5. The van der Waals surface area contributed by atoms with Crippen molar-refractivity contribution in [1.29, 1.82) is 0 Å². The number of amides is 1. The van der Waals surface area contributed by atoms with Crippen LogP contribution in [0.4, 0.5) is 4.39 Å². The summed E-state index contributed by atoms with van der Waals surface area (Å²) in [5, 5.41) is 3.02. The van der Waals surface area contributed by atoms with Crippen LogP contribution in [0.25, 0.3) is 28.3 Å². The first kappa shape index (κ1) is 23.5. The fourth-order valence-corrected chi connectivity index (χ4v) is 5.64. The number of aromatic nitrogens is 5. The number of carbonyl (C=O) groups is 1. The van der Waals surface area contributed by atoms with E-state index in [0.29, 0.717) is 29.5 Å². The summed E-state index contributed by atoms with van der Waals surface area (Å²) in [5.41, 5.74) is 3.54. The third kappa shape index (κ3) is 4.12. The van der Waals surface area contributed by atoms with E-state index in [1.54, 1.807) is 4.90 Å². The van der Waals surface area contributed by atoms with E-state index in [1.165, 1.54) is 66.8 Å². The molecule has 1 aromatic carbocycles. The Kier molecular flexibility index (Phi) is 6.06. The lowest BCUT2D eigenvalue weighted by Crippen LogP contribution is -2.58. The maximum atomic E-state index is 13.7. The number of likely N-dealkylation sites (tertiary alicyclic amines) is 1. The third-order valence-electron chi connectivity index (χ3n) is 8.00. The average molecular weight is 501 g/mol. The number of alkyl halides is 1. The van der Waals surface area contributed by atoms with Crippen molar-refractivity contribution in [3.63, 3.8) is 0 Å². The van der Waals surface area contributed by atoms with Crippen LogP contribution >= 0.6 is 0 Å². The van der Waals surface area contributed by atoms with E-state index in [2.05, 4.69) is 27.2 Å². The zero-order valence-electron chi connectivity index (χ0n) is 20.7. The zero-order chi connectivity index (χ0) is 25.5. The van der Waals surface area contributed by atoms with E-state index in [1.807, 2.05) is 19.1 Å². The SMILES string of the molecule is C[C@@H]1[C@H](CF)CN1C(=O)c1c(-c2cnccn2)[nH]n2c(=O)cc(-c3ccc(C4CCCCC4)cc3)nc12. The minimum Gasteiger partial charge on any atom is -0.335 e. The molecule has 8 nitrogen and oxygen atoms in total. The Morgan fingerprint density at radius 1 is 1.11 bits per heavy atom. The number of benzene rings is 1. The highest BCUT2D eigenvalue weighted by Crippen LogP contribution is 2.34. The summed E-state index contributed by atoms with van der Waals surface area (Å²) in [5.74, 6) is 0.0790. The third-order valence-corrected chi connectivity index (χ3v) is 8.00. The lowest BCUT2D eigenvalue weighted by molar-refractivity contribution is 0.0142. The average Bonchev–Trinajstić information content (AvgIpc) is 3.34. The predicted molar refractivity (Wildman–Crippen MR) is 138 cm³/mol. The normalized spacial score (nSPS) is 20.2. The molecule has 0 spiro atoms. The Morgan fingerprint density at radius 2 is 1.89 bits per heavy atom. The van der Waals surface area contributed by atoms with E-state index >= 15 is 0 Å². The molecule has 1 aliphatic heterocycles. The Hall–Kier alpha value is -3.88. The van der Waals surface area contributed by atoms with Crippen LogP contribution in [0.1, 0.15) is 60.9 Å².